The van der Waals surface area contributed by atoms with E-state index < -0.39 is 22.8 Å². The van der Waals surface area contributed by atoms with Gasteiger partial charge in [-0.2, -0.15) is 0 Å². The monoisotopic (exact) mass is 473 g/mol. The topological polar surface area (TPSA) is 71.0 Å². The number of amides is 2. The van der Waals surface area contributed by atoms with E-state index >= 15 is 0 Å². The van der Waals surface area contributed by atoms with E-state index in [4.69, 9.17) is 9.73 Å². The summed E-state index contributed by atoms with van der Waals surface area (Å²) in [5.74, 6) is -2.36. The molecule has 2 aliphatic rings. The zero-order valence-electron chi connectivity index (χ0n) is 18.4. The molecule has 0 aliphatic carbocycles. The number of carbonyl (C=O) groups excluding carboxylic acids is 2. The average Bonchev–Trinajstić information content (AvgIpc) is 3.36. The van der Waals surface area contributed by atoms with Crippen molar-refractivity contribution in [3.63, 3.8) is 0 Å². The maximum absolute atomic E-state index is 13.9. The van der Waals surface area contributed by atoms with Gasteiger partial charge < -0.3 is 10.1 Å². The highest BCUT2D eigenvalue weighted by Gasteiger charge is 2.40. The van der Waals surface area contributed by atoms with Gasteiger partial charge in [-0.05, 0) is 50.5 Å². The minimum Gasteiger partial charge on any atom is -0.376 e. The second-order valence-electron chi connectivity index (χ2n) is 8.25. The Morgan fingerprint density at radius 2 is 2.06 bits per heavy atom. The molecule has 2 aliphatic heterocycles. The summed E-state index contributed by atoms with van der Waals surface area (Å²) in [4.78, 5) is 32.1. The molecular weight excluding hydrogens is 448 g/mol. The molecule has 0 saturated carbocycles. The number of ether oxygens (including phenoxy) is 1. The van der Waals surface area contributed by atoms with Crippen LogP contribution in [0.4, 0.5) is 20.2 Å². The van der Waals surface area contributed by atoms with Gasteiger partial charge in [-0.3, -0.25) is 14.5 Å². The minimum atomic E-state index is -0.870. The molecule has 0 aromatic heterocycles. The number of aryl methyl sites for hydroxylation is 2. The van der Waals surface area contributed by atoms with Crippen LogP contribution < -0.4 is 5.32 Å². The first-order valence-electron chi connectivity index (χ1n) is 10.8. The summed E-state index contributed by atoms with van der Waals surface area (Å²) < 4.78 is 32.7. The molecule has 33 heavy (non-hydrogen) atoms. The molecule has 2 amide bonds. The normalized spacial score (nSPS) is 21.8. The van der Waals surface area contributed by atoms with E-state index in [2.05, 4.69) is 5.32 Å². The highest BCUT2D eigenvalue weighted by atomic mass is 32.2. The number of rotatable bonds is 6. The maximum atomic E-state index is 13.9. The second-order valence-corrected chi connectivity index (χ2v) is 9.42. The standard InChI is InChI=1S/C24H25F2N3O3S/c1-14-5-7-19(15(2)10-14)28-24-29(13-17-4-3-9-32-17)23(31)21(33-24)12-22(30)27-20-8-6-16(25)11-18(20)26/h5-8,10-11,17,21H,3-4,9,12-13H2,1-2H3,(H,27,30)/t17-,21+/m1/s1. The minimum absolute atomic E-state index is 0.0697. The highest BCUT2D eigenvalue weighted by Crippen LogP contribution is 2.34. The fourth-order valence-corrected chi connectivity index (χ4v) is 5.04. The van der Waals surface area contributed by atoms with Gasteiger partial charge in [0.25, 0.3) is 0 Å². The zero-order chi connectivity index (χ0) is 23.5. The average molecular weight is 474 g/mol. The van der Waals surface area contributed by atoms with Crippen LogP contribution in [-0.4, -0.2) is 46.4 Å². The van der Waals surface area contributed by atoms with Gasteiger partial charge in [0.1, 0.15) is 16.9 Å². The van der Waals surface area contributed by atoms with Crippen molar-refractivity contribution in [3.05, 3.63) is 59.2 Å². The van der Waals surface area contributed by atoms with Crippen LogP contribution in [0.3, 0.4) is 0 Å². The van der Waals surface area contributed by atoms with Crippen molar-refractivity contribution >= 4 is 40.1 Å². The van der Waals surface area contributed by atoms with Crippen LogP contribution in [-0.2, 0) is 14.3 Å². The number of hydrogen-bond donors (Lipinski definition) is 1. The largest absolute Gasteiger partial charge is 0.376 e. The van der Waals surface area contributed by atoms with Crippen LogP contribution >= 0.6 is 11.8 Å². The number of amidine groups is 1. The number of nitrogens with zero attached hydrogens (tertiary/aromatic N) is 2. The zero-order valence-corrected chi connectivity index (χ0v) is 19.3. The Kier molecular flexibility index (Phi) is 7.09. The molecule has 2 saturated heterocycles. The number of nitrogens with one attached hydrogen (secondary N) is 1. The van der Waals surface area contributed by atoms with Crippen LogP contribution in [0.15, 0.2) is 41.4 Å². The molecule has 0 spiro atoms. The van der Waals surface area contributed by atoms with Crippen LogP contribution in [0.5, 0.6) is 0 Å². The summed E-state index contributed by atoms with van der Waals surface area (Å²) in [5.41, 5.74) is 2.73. The number of carbonyl (C=O) groups is 2. The van der Waals surface area contributed by atoms with Gasteiger partial charge >= 0.3 is 0 Å². The summed E-state index contributed by atoms with van der Waals surface area (Å²) in [6, 6.07) is 8.80. The van der Waals surface area contributed by atoms with Gasteiger partial charge in [0.2, 0.25) is 11.8 Å². The molecule has 0 radical (unpaired) electrons. The van der Waals surface area contributed by atoms with Gasteiger partial charge in [0.05, 0.1) is 24.0 Å². The molecule has 0 bridgehead atoms. The van der Waals surface area contributed by atoms with Crippen molar-refractivity contribution in [2.45, 2.75) is 44.5 Å². The third-order valence-electron chi connectivity index (χ3n) is 5.57. The Balaban J connectivity index is 1.53. The first kappa shape index (κ1) is 23.4. The lowest BCUT2D eigenvalue weighted by Crippen LogP contribution is -2.38. The third-order valence-corrected chi connectivity index (χ3v) is 6.75. The van der Waals surface area contributed by atoms with Gasteiger partial charge in [-0.1, -0.05) is 29.5 Å². The Morgan fingerprint density at radius 1 is 1.24 bits per heavy atom. The molecule has 2 atom stereocenters. The van der Waals surface area contributed by atoms with Gasteiger partial charge in [-0.15, -0.1) is 0 Å². The first-order valence-corrected chi connectivity index (χ1v) is 11.7. The summed E-state index contributed by atoms with van der Waals surface area (Å²) in [7, 11) is 0. The van der Waals surface area contributed by atoms with E-state index in [0.29, 0.717) is 24.4 Å². The summed E-state index contributed by atoms with van der Waals surface area (Å²) in [5, 5.41) is 2.25. The van der Waals surface area contributed by atoms with Crippen molar-refractivity contribution in [2.24, 2.45) is 4.99 Å². The lowest BCUT2D eigenvalue weighted by molar-refractivity contribution is -0.129. The predicted octanol–water partition coefficient (Wildman–Crippen LogP) is 4.72. The fourth-order valence-electron chi connectivity index (χ4n) is 3.88. The Hall–Kier alpha value is -2.78. The van der Waals surface area contributed by atoms with Crippen LogP contribution in [0.2, 0.25) is 0 Å². The van der Waals surface area contributed by atoms with E-state index in [-0.39, 0.29) is 24.1 Å². The SMILES string of the molecule is Cc1ccc(N=C2S[C@@H](CC(=O)Nc3ccc(F)cc3F)C(=O)N2C[C@H]2CCCO2)c(C)c1. The van der Waals surface area contributed by atoms with E-state index in [1.54, 1.807) is 4.90 Å². The van der Waals surface area contributed by atoms with Crippen LogP contribution in [0, 0.1) is 25.5 Å². The van der Waals surface area contributed by atoms with Crippen molar-refractivity contribution in [1.82, 2.24) is 4.90 Å². The number of benzene rings is 2. The lowest BCUT2D eigenvalue weighted by Gasteiger charge is -2.20. The smallest absolute Gasteiger partial charge is 0.242 e. The number of anilines is 1. The highest BCUT2D eigenvalue weighted by molar-refractivity contribution is 8.15. The number of hydrogen-bond acceptors (Lipinski definition) is 5. The Bertz CT molecular complexity index is 1100. The summed E-state index contributed by atoms with van der Waals surface area (Å²) in [6.45, 7) is 5.00. The van der Waals surface area contributed by atoms with Crippen LogP contribution in [0.1, 0.15) is 30.4 Å². The number of halogens is 2. The predicted molar refractivity (Wildman–Crippen MR) is 125 cm³/mol. The molecule has 6 nitrogen and oxygen atoms in total. The molecule has 9 heteroatoms. The molecule has 2 aromatic rings. The third kappa shape index (κ3) is 5.59. The molecular formula is C24H25F2N3O3S. The molecule has 2 aromatic carbocycles. The fraction of sp³-hybridized carbons (Fsp3) is 0.375. The summed E-state index contributed by atoms with van der Waals surface area (Å²) in [6.07, 6.45) is 1.58. The number of thioether (sulfide) groups is 1. The van der Waals surface area contributed by atoms with Gasteiger partial charge in [0, 0.05) is 19.1 Å². The quantitative estimate of drug-likeness (QED) is 0.659. The lowest BCUT2D eigenvalue weighted by atomic mass is 10.1. The van der Waals surface area contributed by atoms with Crippen molar-refractivity contribution in [1.29, 1.82) is 0 Å². The van der Waals surface area contributed by atoms with Crippen molar-refractivity contribution in [2.75, 3.05) is 18.5 Å². The van der Waals surface area contributed by atoms with E-state index in [0.717, 1.165) is 41.8 Å². The summed E-state index contributed by atoms with van der Waals surface area (Å²) >= 11 is 1.22. The van der Waals surface area contributed by atoms with Gasteiger partial charge in [0.15, 0.2) is 5.17 Å². The number of aliphatic imine (C=N–C) groups is 1. The Morgan fingerprint density at radius 3 is 2.76 bits per heavy atom. The second kappa shape index (κ2) is 10.0. The molecule has 174 valence electrons. The van der Waals surface area contributed by atoms with E-state index in [1.807, 2.05) is 32.0 Å². The van der Waals surface area contributed by atoms with Crippen molar-refractivity contribution < 1.29 is 23.1 Å². The van der Waals surface area contributed by atoms with Crippen molar-refractivity contribution in [3.8, 4) is 0 Å². The molecule has 0 unspecified atom stereocenters. The van der Waals surface area contributed by atoms with E-state index in [9.17, 15) is 18.4 Å². The van der Waals surface area contributed by atoms with Gasteiger partial charge in [-0.25, -0.2) is 13.8 Å². The first-order chi connectivity index (χ1) is 15.8. The maximum Gasteiger partial charge on any atom is 0.242 e. The molecule has 2 heterocycles. The Labute approximate surface area is 195 Å². The van der Waals surface area contributed by atoms with E-state index in [1.165, 1.54) is 11.8 Å². The molecule has 4 rings (SSSR count). The van der Waals surface area contributed by atoms with Crippen LogP contribution in [0.25, 0.3) is 0 Å². The molecule has 1 N–H and O–H groups in total. The molecule has 2 fully saturated rings.